The maximum atomic E-state index is 13.8. The van der Waals surface area contributed by atoms with Crippen molar-refractivity contribution in [3.8, 4) is 0 Å². The van der Waals surface area contributed by atoms with Crippen molar-refractivity contribution in [1.29, 1.82) is 0 Å². The molecule has 0 bridgehead atoms. The minimum atomic E-state index is -0.377. The van der Waals surface area contributed by atoms with Crippen molar-refractivity contribution in [2.24, 2.45) is 0 Å². The number of pyridine rings is 1. The summed E-state index contributed by atoms with van der Waals surface area (Å²) in [7, 11) is 0. The van der Waals surface area contributed by atoms with E-state index in [-0.39, 0.29) is 17.4 Å². The molecule has 1 unspecified atom stereocenters. The molecule has 0 radical (unpaired) electrons. The Bertz CT molecular complexity index is 986. The van der Waals surface area contributed by atoms with E-state index in [0.29, 0.717) is 0 Å². The van der Waals surface area contributed by atoms with Crippen molar-refractivity contribution in [2.45, 2.75) is 19.9 Å². The van der Waals surface area contributed by atoms with Crippen LogP contribution in [0.2, 0.25) is 0 Å². The minimum Gasteiger partial charge on any atom is -0.379 e. The largest absolute Gasteiger partial charge is 0.379 e. The molecular formula is C19H22FN3O2. The first-order valence-corrected chi connectivity index (χ1v) is 8.67. The maximum Gasteiger partial charge on any atom is 0.191 e. The highest BCUT2D eigenvalue weighted by Crippen LogP contribution is 2.33. The number of morpholine rings is 1. The van der Waals surface area contributed by atoms with E-state index in [9.17, 15) is 9.18 Å². The Hall–Kier alpha value is -2.18. The Morgan fingerprint density at radius 2 is 2.00 bits per heavy atom. The van der Waals surface area contributed by atoms with Gasteiger partial charge in [-0.05, 0) is 25.5 Å². The van der Waals surface area contributed by atoms with Crippen molar-refractivity contribution in [3.05, 3.63) is 46.1 Å². The Morgan fingerprint density at radius 1 is 1.24 bits per heavy atom. The minimum absolute atomic E-state index is 0.0166. The Balaban J connectivity index is 1.89. The topological polar surface area (TPSA) is 50.3 Å². The molecule has 1 N–H and O–H groups in total. The summed E-state index contributed by atoms with van der Waals surface area (Å²) in [5.41, 5.74) is 2.66. The summed E-state index contributed by atoms with van der Waals surface area (Å²) in [5, 5.41) is 1.80. The van der Waals surface area contributed by atoms with Crippen molar-refractivity contribution >= 4 is 21.8 Å². The molecule has 4 rings (SSSR count). The van der Waals surface area contributed by atoms with Gasteiger partial charge in [-0.25, -0.2) is 0 Å². The highest BCUT2D eigenvalue weighted by Gasteiger charge is 2.20. The van der Waals surface area contributed by atoms with Crippen molar-refractivity contribution in [1.82, 2.24) is 14.5 Å². The van der Waals surface area contributed by atoms with Gasteiger partial charge < -0.3 is 14.3 Å². The average molecular weight is 343 g/mol. The lowest BCUT2D eigenvalue weighted by atomic mass is 10.1. The van der Waals surface area contributed by atoms with Crippen LogP contribution in [0.3, 0.4) is 0 Å². The van der Waals surface area contributed by atoms with Gasteiger partial charge in [0.25, 0.3) is 0 Å². The zero-order valence-electron chi connectivity index (χ0n) is 14.5. The van der Waals surface area contributed by atoms with E-state index < -0.39 is 0 Å². The summed E-state index contributed by atoms with van der Waals surface area (Å²) in [6, 6.07) is 4.95. The van der Waals surface area contributed by atoms with E-state index in [2.05, 4.69) is 21.4 Å². The number of hydrogen-bond acceptors (Lipinski definition) is 3. The van der Waals surface area contributed by atoms with Crippen LogP contribution in [0.5, 0.6) is 0 Å². The van der Waals surface area contributed by atoms with E-state index in [0.717, 1.165) is 60.2 Å². The second kappa shape index (κ2) is 6.28. The summed E-state index contributed by atoms with van der Waals surface area (Å²) >= 11 is 0. The summed E-state index contributed by atoms with van der Waals surface area (Å²) in [6.07, 6.45) is 1.70. The molecule has 1 fully saturated rings. The predicted molar refractivity (Wildman–Crippen MR) is 96.7 cm³/mol. The number of nitrogens with zero attached hydrogens (tertiary/aromatic N) is 2. The second-order valence-corrected chi connectivity index (χ2v) is 6.85. The SMILES string of the molecule is Cc1cc(=O)cc2c1c1cc(F)[nH]cc1n2C(C)CN1CCOCC1. The van der Waals surface area contributed by atoms with Crippen LogP contribution in [0.25, 0.3) is 21.8 Å². The average Bonchev–Trinajstić information content (AvgIpc) is 2.89. The number of H-pyrrole nitrogens is 1. The molecule has 5 nitrogen and oxygen atoms in total. The second-order valence-electron chi connectivity index (χ2n) is 6.85. The smallest absolute Gasteiger partial charge is 0.191 e. The molecule has 132 valence electrons. The number of benzene rings is 1. The number of aromatic amines is 1. The Kier molecular flexibility index (Phi) is 4.09. The zero-order valence-corrected chi connectivity index (χ0v) is 14.5. The normalized spacial score (nSPS) is 17.4. The quantitative estimate of drug-likeness (QED) is 0.744. The molecule has 0 aliphatic carbocycles. The van der Waals surface area contributed by atoms with Gasteiger partial charge in [-0.15, -0.1) is 0 Å². The Labute approximate surface area is 145 Å². The lowest BCUT2D eigenvalue weighted by Crippen LogP contribution is -2.39. The van der Waals surface area contributed by atoms with E-state index in [4.69, 9.17) is 4.74 Å². The fourth-order valence-electron chi connectivity index (χ4n) is 3.98. The van der Waals surface area contributed by atoms with Gasteiger partial charge in [0.2, 0.25) is 0 Å². The third-order valence-corrected chi connectivity index (χ3v) is 5.04. The highest BCUT2D eigenvalue weighted by molar-refractivity contribution is 6.09. The van der Waals surface area contributed by atoms with E-state index in [1.54, 1.807) is 18.3 Å². The third kappa shape index (κ3) is 2.85. The van der Waals surface area contributed by atoms with Crippen LogP contribution in [0.15, 0.2) is 29.2 Å². The van der Waals surface area contributed by atoms with Crippen LogP contribution >= 0.6 is 0 Å². The van der Waals surface area contributed by atoms with Gasteiger partial charge in [0, 0.05) is 54.8 Å². The molecule has 0 saturated carbocycles. The van der Waals surface area contributed by atoms with Gasteiger partial charge in [-0.3, -0.25) is 9.69 Å². The van der Waals surface area contributed by atoms with Gasteiger partial charge in [0.15, 0.2) is 11.4 Å². The first-order chi connectivity index (χ1) is 12.0. The summed E-state index contributed by atoms with van der Waals surface area (Å²) in [5.74, 6) is -0.377. The number of halogens is 1. The van der Waals surface area contributed by atoms with Crippen LogP contribution in [0.1, 0.15) is 18.5 Å². The third-order valence-electron chi connectivity index (χ3n) is 5.04. The molecule has 3 aromatic rings. The Morgan fingerprint density at radius 3 is 2.76 bits per heavy atom. The van der Waals surface area contributed by atoms with Crippen molar-refractivity contribution in [2.75, 3.05) is 32.8 Å². The van der Waals surface area contributed by atoms with Gasteiger partial charge in [0.05, 0.1) is 24.2 Å². The highest BCUT2D eigenvalue weighted by atomic mass is 19.1. The van der Waals surface area contributed by atoms with Gasteiger partial charge in [-0.1, -0.05) is 0 Å². The lowest BCUT2D eigenvalue weighted by Gasteiger charge is -2.30. The molecule has 1 aliphatic heterocycles. The van der Waals surface area contributed by atoms with Crippen molar-refractivity contribution in [3.63, 3.8) is 0 Å². The molecule has 3 heterocycles. The van der Waals surface area contributed by atoms with Gasteiger partial charge in [-0.2, -0.15) is 4.39 Å². The monoisotopic (exact) mass is 343 g/mol. The van der Waals surface area contributed by atoms with E-state index in [1.165, 1.54) is 6.07 Å². The first kappa shape index (κ1) is 16.3. The zero-order chi connectivity index (χ0) is 17.6. The fourth-order valence-corrected chi connectivity index (χ4v) is 3.98. The van der Waals surface area contributed by atoms with E-state index >= 15 is 0 Å². The molecule has 1 aromatic carbocycles. The molecule has 0 spiro atoms. The molecular weight excluding hydrogens is 321 g/mol. The molecule has 0 amide bonds. The summed E-state index contributed by atoms with van der Waals surface area (Å²) in [6.45, 7) is 8.24. The number of ether oxygens (including phenoxy) is 1. The number of fused-ring (bicyclic) bond motifs is 3. The predicted octanol–water partition coefficient (Wildman–Crippen LogP) is 2.82. The summed E-state index contributed by atoms with van der Waals surface area (Å²) < 4.78 is 21.4. The number of aromatic nitrogens is 2. The number of aryl methyl sites for hydroxylation is 1. The maximum absolute atomic E-state index is 13.8. The van der Waals surface area contributed by atoms with Crippen LogP contribution in [-0.4, -0.2) is 47.3 Å². The van der Waals surface area contributed by atoms with Crippen molar-refractivity contribution < 1.29 is 9.13 Å². The lowest BCUT2D eigenvalue weighted by molar-refractivity contribution is 0.0330. The molecule has 25 heavy (non-hydrogen) atoms. The van der Waals surface area contributed by atoms with Crippen LogP contribution < -0.4 is 5.43 Å². The number of rotatable bonds is 3. The molecule has 1 saturated heterocycles. The number of nitrogens with one attached hydrogen (secondary N) is 1. The molecule has 1 aliphatic rings. The summed E-state index contributed by atoms with van der Waals surface area (Å²) in [4.78, 5) is 17.1. The molecule has 2 aromatic heterocycles. The van der Waals surface area contributed by atoms with Gasteiger partial charge in [0.1, 0.15) is 0 Å². The van der Waals surface area contributed by atoms with E-state index in [1.807, 2.05) is 6.92 Å². The van der Waals surface area contributed by atoms with Crippen LogP contribution in [0.4, 0.5) is 4.39 Å². The van der Waals surface area contributed by atoms with Gasteiger partial charge >= 0.3 is 0 Å². The fraction of sp³-hybridized carbons (Fsp3) is 0.421. The molecule has 6 heteroatoms. The number of hydrogen-bond donors (Lipinski definition) is 1. The first-order valence-electron chi connectivity index (χ1n) is 8.67. The molecule has 1 atom stereocenters. The van der Waals surface area contributed by atoms with Crippen LogP contribution in [0, 0.1) is 12.9 Å². The standard InChI is InChI=1S/C19H22FN3O2/c1-12-7-14(24)8-16-19(12)15-9-18(20)21-10-17(15)23(16)13(2)11-22-3-5-25-6-4-22/h7-10,13,21H,3-6,11H2,1-2H3. The van der Waals surface area contributed by atoms with Crippen LogP contribution in [-0.2, 0) is 4.74 Å².